The fraction of sp³-hybridized carbons (Fsp3) is 0.143. The molecule has 0 amide bonds. The summed E-state index contributed by atoms with van der Waals surface area (Å²) in [7, 11) is 0. The van der Waals surface area contributed by atoms with Gasteiger partial charge in [0.1, 0.15) is 5.65 Å². The highest BCUT2D eigenvalue weighted by Gasteiger charge is 2.16. The molecular weight excluding hydrogens is 378 g/mol. The maximum absolute atomic E-state index is 5.20. The van der Waals surface area contributed by atoms with Crippen LogP contribution in [0.25, 0.3) is 49.5 Å². The maximum atomic E-state index is 5.20. The molecule has 6 aromatic rings. The smallest absolute Gasteiger partial charge is 0.145 e. The van der Waals surface area contributed by atoms with Crippen LogP contribution < -0.4 is 0 Å². The summed E-state index contributed by atoms with van der Waals surface area (Å²) in [5.41, 5.74) is 8.18. The van der Waals surface area contributed by atoms with Gasteiger partial charge in [0.25, 0.3) is 0 Å². The number of benzene rings is 3. The molecule has 0 aliphatic carbocycles. The lowest BCUT2D eigenvalue weighted by molar-refractivity contribution is 1.09. The van der Waals surface area contributed by atoms with Gasteiger partial charge in [0.2, 0.25) is 0 Å². The van der Waals surface area contributed by atoms with E-state index >= 15 is 0 Å². The minimum absolute atomic E-state index is 0.993. The number of aromatic nitrogens is 3. The zero-order valence-electron chi connectivity index (χ0n) is 17.8. The Hall–Kier alpha value is -3.72. The van der Waals surface area contributed by atoms with Crippen molar-refractivity contribution >= 4 is 38.2 Å². The average Bonchev–Trinajstić information content (AvgIpc) is 3.28. The van der Waals surface area contributed by atoms with Gasteiger partial charge in [-0.15, -0.1) is 0 Å². The Morgan fingerprint density at radius 1 is 0.774 bits per heavy atom. The zero-order chi connectivity index (χ0) is 20.9. The number of rotatable bonds is 3. The first-order chi connectivity index (χ1) is 15.3. The van der Waals surface area contributed by atoms with Crippen molar-refractivity contribution in [3.8, 4) is 11.3 Å². The van der Waals surface area contributed by atoms with Gasteiger partial charge < -0.3 is 0 Å². The first-order valence-electron chi connectivity index (χ1n) is 11.0. The van der Waals surface area contributed by atoms with Crippen molar-refractivity contribution in [3.63, 3.8) is 0 Å². The molecule has 0 saturated heterocycles. The van der Waals surface area contributed by atoms with Gasteiger partial charge in [-0.2, -0.15) is 0 Å². The van der Waals surface area contributed by atoms with Crippen LogP contribution in [-0.4, -0.2) is 14.4 Å². The highest BCUT2D eigenvalue weighted by Crippen LogP contribution is 2.35. The van der Waals surface area contributed by atoms with E-state index in [1.807, 2.05) is 12.3 Å². The van der Waals surface area contributed by atoms with Gasteiger partial charge in [-0.3, -0.25) is 9.38 Å². The molecule has 3 nitrogen and oxygen atoms in total. The molecule has 0 fully saturated rings. The third-order valence-corrected chi connectivity index (χ3v) is 6.40. The second-order valence-corrected chi connectivity index (χ2v) is 8.09. The fourth-order valence-electron chi connectivity index (χ4n) is 4.88. The van der Waals surface area contributed by atoms with E-state index in [1.165, 1.54) is 32.8 Å². The summed E-state index contributed by atoms with van der Waals surface area (Å²) in [5.74, 6) is 0. The normalized spacial score (nSPS) is 11.8. The average molecular weight is 402 g/mol. The lowest BCUT2D eigenvalue weighted by atomic mass is 9.95. The monoisotopic (exact) mass is 401 g/mol. The van der Waals surface area contributed by atoms with Crippen LogP contribution in [0.15, 0.2) is 79.1 Å². The van der Waals surface area contributed by atoms with Crippen LogP contribution in [0.1, 0.15) is 25.0 Å². The zero-order valence-corrected chi connectivity index (χ0v) is 17.8. The Balaban J connectivity index is 1.79. The molecule has 0 N–H and O–H groups in total. The topological polar surface area (TPSA) is 30.2 Å². The third kappa shape index (κ3) is 2.66. The van der Waals surface area contributed by atoms with E-state index in [-0.39, 0.29) is 0 Å². The lowest BCUT2D eigenvalue weighted by Crippen LogP contribution is -1.94. The van der Waals surface area contributed by atoms with E-state index in [0.717, 1.165) is 40.6 Å². The highest BCUT2D eigenvalue weighted by atomic mass is 15.0. The van der Waals surface area contributed by atoms with E-state index in [4.69, 9.17) is 4.98 Å². The SMILES string of the molecule is CCc1cccc(CC)c1-c1cn2c3cc4ncccc4cc3c3ccccc3c2n1. The largest absolute Gasteiger partial charge is 0.298 e. The molecule has 0 spiro atoms. The van der Waals surface area contributed by atoms with Crippen LogP contribution in [0, 0.1) is 0 Å². The van der Waals surface area contributed by atoms with E-state index in [2.05, 4.69) is 90.1 Å². The summed E-state index contributed by atoms with van der Waals surface area (Å²) in [4.78, 5) is 9.81. The molecular formula is C28H23N3. The molecule has 0 aliphatic heterocycles. The Bertz CT molecular complexity index is 1590. The van der Waals surface area contributed by atoms with Crippen molar-refractivity contribution in [1.82, 2.24) is 14.4 Å². The number of imidazole rings is 1. The van der Waals surface area contributed by atoms with Gasteiger partial charge >= 0.3 is 0 Å². The quantitative estimate of drug-likeness (QED) is 0.236. The van der Waals surface area contributed by atoms with Crippen LogP contribution in [-0.2, 0) is 12.8 Å². The summed E-state index contributed by atoms with van der Waals surface area (Å²) < 4.78 is 2.26. The Kier molecular flexibility index (Phi) is 4.03. The number of hydrogen-bond acceptors (Lipinski definition) is 2. The van der Waals surface area contributed by atoms with E-state index in [0.29, 0.717) is 0 Å². The molecule has 6 rings (SSSR count). The number of nitrogens with zero attached hydrogens (tertiary/aromatic N) is 3. The molecule has 3 heteroatoms. The van der Waals surface area contributed by atoms with E-state index in [9.17, 15) is 0 Å². The highest BCUT2D eigenvalue weighted by molar-refractivity contribution is 6.14. The molecule has 31 heavy (non-hydrogen) atoms. The first-order valence-corrected chi connectivity index (χ1v) is 11.0. The van der Waals surface area contributed by atoms with Crippen molar-refractivity contribution in [3.05, 3.63) is 90.3 Å². The van der Waals surface area contributed by atoms with Crippen molar-refractivity contribution in [2.24, 2.45) is 0 Å². The number of pyridine rings is 2. The van der Waals surface area contributed by atoms with Crippen LogP contribution in [0.4, 0.5) is 0 Å². The Morgan fingerprint density at radius 2 is 1.55 bits per heavy atom. The van der Waals surface area contributed by atoms with Crippen molar-refractivity contribution < 1.29 is 0 Å². The lowest BCUT2D eigenvalue weighted by Gasteiger charge is -2.10. The molecule has 150 valence electrons. The first kappa shape index (κ1) is 18.1. The molecule has 0 atom stereocenters. The maximum Gasteiger partial charge on any atom is 0.145 e. The molecule has 3 aromatic carbocycles. The van der Waals surface area contributed by atoms with Crippen LogP contribution >= 0.6 is 0 Å². The van der Waals surface area contributed by atoms with E-state index in [1.54, 1.807) is 0 Å². The van der Waals surface area contributed by atoms with Gasteiger partial charge in [0.05, 0.1) is 16.7 Å². The van der Waals surface area contributed by atoms with Crippen molar-refractivity contribution in [1.29, 1.82) is 0 Å². The predicted molar refractivity (Wildman–Crippen MR) is 130 cm³/mol. The minimum Gasteiger partial charge on any atom is -0.298 e. The van der Waals surface area contributed by atoms with Crippen LogP contribution in [0.3, 0.4) is 0 Å². The van der Waals surface area contributed by atoms with Crippen LogP contribution in [0.2, 0.25) is 0 Å². The van der Waals surface area contributed by atoms with Crippen molar-refractivity contribution in [2.45, 2.75) is 26.7 Å². The molecule has 0 unspecified atom stereocenters. The van der Waals surface area contributed by atoms with Crippen LogP contribution in [0.5, 0.6) is 0 Å². The molecule has 0 radical (unpaired) electrons. The van der Waals surface area contributed by atoms with Gasteiger partial charge in [-0.25, -0.2) is 4.98 Å². The van der Waals surface area contributed by atoms with Gasteiger partial charge in [0.15, 0.2) is 0 Å². The van der Waals surface area contributed by atoms with Crippen molar-refractivity contribution in [2.75, 3.05) is 0 Å². The third-order valence-electron chi connectivity index (χ3n) is 6.40. The Labute approximate surface area is 181 Å². The van der Waals surface area contributed by atoms with Gasteiger partial charge in [-0.1, -0.05) is 62.4 Å². The van der Waals surface area contributed by atoms with Gasteiger partial charge in [0, 0.05) is 34.1 Å². The summed E-state index contributed by atoms with van der Waals surface area (Å²) >= 11 is 0. The summed E-state index contributed by atoms with van der Waals surface area (Å²) in [5, 5.41) is 4.79. The number of aryl methyl sites for hydroxylation is 2. The fourth-order valence-corrected chi connectivity index (χ4v) is 4.88. The number of fused-ring (bicyclic) bond motifs is 7. The Morgan fingerprint density at radius 3 is 2.32 bits per heavy atom. The summed E-state index contributed by atoms with van der Waals surface area (Å²) in [6, 6.07) is 23.8. The predicted octanol–water partition coefficient (Wildman–Crippen LogP) is 6.98. The second-order valence-electron chi connectivity index (χ2n) is 8.09. The minimum atomic E-state index is 0.993. The second kappa shape index (κ2) is 6.92. The number of hydrogen-bond donors (Lipinski definition) is 0. The molecule has 0 saturated carbocycles. The molecule has 0 bridgehead atoms. The summed E-state index contributed by atoms with van der Waals surface area (Å²) in [6.07, 6.45) is 6.06. The summed E-state index contributed by atoms with van der Waals surface area (Å²) in [6.45, 7) is 4.44. The molecule has 3 aromatic heterocycles. The van der Waals surface area contributed by atoms with E-state index < -0.39 is 0 Å². The standard InChI is InChI=1S/C28H23N3/c1-3-18-9-7-10-19(4-2)27(18)25-17-31-26-16-24-20(11-8-14-29-24)15-23(26)21-12-5-6-13-22(21)28(31)30-25/h5-17H,3-4H2,1-2H3. The molecule has 0 aliphatic rings. The molecule has 3 heterocycles. The van der Waals surface area contributed by atoms with Gasteiger partial charge in [-0.05, 0) is 47.6 Å².